The zero-order valence-corrected chi connectivity index (χ0v) is 10.2. The van der Waals surface area contributed by atoms with E-state index in [0.29, 0.717) is 0 Å². The first-order valence-electron chi connectivity index (χ1n) is 5.81. The van der Waals surface area contributed by atoms with E-state index in [0.717, 1.165) is 16.7 Å². The fraction of sp³-hybridized carbons (Fsp3) is 0.0625. The molecule has 2 nitrogen and oxygen atoms in total. The van der Waals surface area contributed by atoms with Crippen molar-refractivity contribution in [2.24, 2.45) is 5.16 Å². The number of hydrogen-bond donors (Lipinski definition) is 1. The molecule has 0 heterocycles. The quantitative estimate of drug-likeness (QED) is 0.372. The van der Waals surface area contributed by atoms with E-state index >= 15 is 0 Å². The number of benzene rings is 2. The third-order valence-electron chi connectivity index (χ3n) is 2.73. The fourth-order valence-corrected chi connectivity index (χ4v) is 1.71. The van der Waals surface area contributed by atoms with Crippen molar-refractivity contribution in [2.45, 2.75) is 6.92 Å². The molecule has 1 N–H and O–H groups in total. The minimum absolute atomic E-state index is 0.892. The second kappa shape index (κ2) is 5.82. The lowest BCUT2D eigenvalue weighted by atomic mass is 10.1. The van der Waals surface area contributed by atoms with Crippen molar-refractivity contribution < 1.29 is 5.21 Å². The van der Waals surface area contributed by atoms with Crippen molar-refractivity contribution in [3.8, 4) is 0 Å². The van der Waals surface area contributed by atoms with Crippen LogP contribution in [-0.2, 0) is 0 Å². The van der Waals surface area contributed by atoms with Gasteiger partial charge in [-0.2, -0.15) is 0 Å². The molecule has 0 saturated carbocycles. The van der Waals surface area contributed by atoms with Gasteiger partial charge in [-0.3, -0.25) is 0 Å². The van der Waals surface area contributed by atoms with Crippen molar-refractivity contribution in [2.75, 3.05) is 0 Å². The average molecular weight is 237 g/mol. The number of oxime groups is 1. The first-order chi connectivity index (χ1) is 8.79. The Labute approximate surface area is 107 Å². The fourth-order valence-electron chi connectivity index (χ4n) is 1.71. The van der Waals surface area contributed by atoms with Crippen LogP contribution in [0.25, 0.3) is 12.2 Å². The van der Waals surface area contributed by atoms with E-state index in [1.54, 1.807) is 0 Å². The summed E-state index contributed by atoms with van der Waals surface area (Å²) in [6.07, 6.45) is 5.50. The van der Waals surface area contributed by atoms with Crippen LogP contribution in [0.3, 0.4) is 0 Å². The topological polar surface area (TPSA) is 32.6 Å². The lowest BCUT2D eigenvalue weighted by Gasteiger charge is -1.99. The molecular weight excluding hydrogens is 222 g/mol. The zero-order valence-electron chi connectivity index (χ0n) is 10.2. The zero-order chi connectivity index (χ0) is 12.8. The largest absolute Gasteiger partial charge is 0.411 e. The maximum Gasteiger partial charge on any atom is 0.0739 e. The van der Waals surface area contributed by atoms with Gasteiger partial charge in [-0.1, -0.05) is 71.4 Å². The molecule has 0 aliphatic rings. The number of rotatable bonds is 3. The van der Waals surface area contributed by atoms with Gasteiger partial charge in [0.25, 0.3) is 0 Å². The summed E-state index contributed by atoms with van der Waals surface area (Å²) in [5.41, 5.74) is 4.32. The molecule has 0 aromatic heterocycles. The Hall–Kier alpha value is -2.35. The monoisotopic (exact) mass is 237 g/mol. The lowest BCUT2D eigenvalue weighted by Crippen LogP contribution is -1.85. The van der Waals surface area contributed by atoms with E-state index in [1.165, 1.54) is 11.8 Å². The van der Waals surface area contributed by atoms with E-state index < -0.39 is 0 Å². The Kier molecular flexibility index (Phi) is 3.92. The van der Waals surface area contributed by atoms with Gasteiger partial charge in [0.2, 0.25) is 0 Å². The molecule has 0 atom stereocenters. The van der Waals surface area contributed by atoms with Crippen molar-refractivity contribution in [3.05, 3.63) is 70.8 Å². The van der Waals surface area contributed by atoms with Gasteiger partial charge >= 0.3 is 0 Å². The predicted octanol–water partition coefficient (Wildman–Crippen LogP) is 3.97. The Morgan fingerprint density at radius 1 is 0.889 bits per heavy atom. The van der Waals surface area contributed by atoms with Gasteiger partial charge in [0.15, 0.2) is 0 Å². The molecule has 0 aliphatic heterocycles. The molecule has 90 valence electrons. The number of aryl methyl sites for hydroxylation is 1. The molecule has 0 radical (unpaired) electrons. The summed E-state index contributed by atoms with van der Waals surface area (Å²) in [6.45, 7) is 2.07. The van der Waals surface area contributed by atoms with Crippen molar-refractivity contribution in [1.82, 2.24) is 0 Å². The normalized spacial score (nSPS) is 11.4. The predicted molar refractivity (Wildman–Crippen MR) is 75.9 cm³/mol. The van der Waals surface area contributed by atoms with E-state index in [4.69, 9.17) is 5.21 Å². The van der Waals surface area contributed by atoms with E-state index in [9.17, 15) is 0 Å². The first kappa shape index (κ1) is 12.1. The van der Waals surface area contributed by atoms with Crippen LogP contribution in [0.5, 0.6) is 0 Å². The molecule has 2 rings (SSSR count). The van der Waals surface area contributed by atoms with E-state index in [2.05, 4.69) is 36.3 Å². The molecule has 0 amide bonds. The van der Waals surface area contributed by atoms with Crippen LogP contribution in [0, 0.1) is 6.92 Å². The Balaban J connectivity index is 2.25. The van der Waals surface area contributed by atoms with Gasteiger partial charge in [-0.05, 0) is 18.1 Å². The molecule has 2 aromatic rings. The van der Waals surface area contributed by atoms with Gasteiger partial charge in [-0.15, -0.1) is 0 Å². The highest BCUT2D eigenvalue weighted by Gasteiger charge is 1.95. The van der Waals surface area contributed by atoms with Gasteiger partial charge in [0.05, 0.1) is 6.21 Å². The lowest BCUT2D eigenvalue weighted by molar-refractivity contribution is 0.322. The highest BCUT2D eigenvalue weighted by atomic mass is 16.4. The maximum absolute atomic E-state index is 8.61. The average Bonchev–Trinajstić information content (AvgIpc) is 2.40. The van der Waals surface area contributed by atoms with Gasteiger partial charge < -0.3 is 5.21 Å². The smallest absolute Gasteiger partial charge is 0.0739 e. The summed E-state index contributed by atoms with van der Waals surface area (Å²) in [5.74, 6) is 0. The van der Waals surface area contributed by atoms with Crippen molar-refractivity contribution in [3.63, 3.8) is 0 Å². The molecule has 0 aliphatic carbocycles. The van der Waals surface area contributed by atoms with E-state index in [-0.39, 0.29) is 0 Å². The number of nitrogens with zero attached hydrogens (tertiary/aromatic N) is 1. The van der Waals surface area contributed by atoms with Crippen LogP contribution in [0.2, 0.25) is 0 Å². The van der Waals surface area contributed by atoms with Gasteiger partial charge in [0.1, 0.15) is 0 Å². The highest BCUT2D eigenvalue weighted by Crippen LogP contribution is 2.12. The van der Waals surface area contributed by atoms with Crippen LogP contribution < -0.4 is 0 Å². The molecular formula is C16H15NO. The second-order valence-electron chi connectivity index (χ2n) is 4.12. The van der Waals surface area contributed by atoms with Crippen LogP contribution >= 0.6 is 0 Å². The minimum Gasteiger partial charge on any atom is -0.411 e. The SMILES string of the molecule is Cc1ccc(/C=C/c2ccccc2/C=N/O)cc1. The van der Waals surface area contributed by atoms with E-state index in [1.807, 2.05) is 36.4 Å². The van der Waals surface area contributed by atoms with Gasteiger partial charge in [0, 0.05) is 5.56 Å². The standard InChI is InChI=1S/C16H15NO/c1-13-6-8-14(9-7-13)10-11-15-4-2-3-5-16(15)12-17-18/h2-12,18H,1H3/b11-10+,17-12+. The summed E-state index contributed by atoms with van der Waals surface area (Å²) in [4.78, 5) is 0. The molecule has 18 heavy (non-hydrogen) atoms. The Bertz CT molecular complexity index is 568. The molecule has 0 spiro atoms. The maximum atomic E-state index is 8.61. The third-order valence-corrected chi connectivity index (χ3v) is 2.73. The third kappa shape index (κ3) is 3.08. The molecule has 2 aromatic carbocycles. The summed E-state index contributed by atoms with van der Waals surface area (Å²) in [7, 11) is 0. The molecule has 0 saturated heterocycles. The Morgan fingerprint density at radius 2 is 1.56 bits per heavy atom. The summed E-state index contributed by atoms with van der Waals surface area (Å²) >= 11 is 0. The van der Waals surface area contributed by atoms with Crippen molar-refractivity contribution in [1.29, 1.82) is 0 Å². The summed E-state index contributed by atoms with van der Waals surface area (Å²) in [5, 5.41) is 11.7. The molecule has 0 unspecified atom stereocenters. The van der Waals surface area contributed by atoms with Crippen LogP contribution in [0.15, 0.2) is 53.7 Å². The van der Waals surface area contributed by atoms with Crippen LogP contribution in [0.1, 0.15) is 22.3 Å². The highest BCUT2D eigenvalue weighted by molar-refractivity contribution is 5.87. The summed E-state index contributed by atoms with van der Waals surface area (Å²) in [6, 6.07) is 16.1. The molecule has 0 fully saturated rings. The van der Waals surface area contributed by atoms with Crippen LogP contribution in [-0.4, -0.2) is 11.4 Å². The minimum atomic E-state index is 0.892. The second-order valence-corrected chi connectivity index (χ2v) is 4.12. The summed E-state index contributed by atoms with van der Waals surface area (Å²) < 4.78 is 0. The van der Waals surface area contributed by atoms with Gasteiger partial charge in [-0.25, -0.2) is 0 Å². The first-order valence-corrected chi connectivity index (χ1v) is 5.81. The van der Waals surface area contributed by atoms with Crippen molar-refractivity contribution >= 4 is 18.4 Å². The molecule has 0 bridgehead atoms. The van der Waals surface area contributed by atoms with Crippen LogP contribution in [0.4, 0.5) is 0 Å². The number of hydrogen-bond acceptors (Lipinski definition) is 2. The Morgan fingerprint density at radius 3 is 2.22 bits per heavy atom. The molecule has 2 heteroatoms.